The standard InChI is InChI=1S/C21H26N4O4/c1-29-18(27)7-6-17(26)25-10-2-3-13(12-25)4-5-15-19-14-8-9-22-20(14)23-11-16(19)24-21(15)28/h8-9,11,13,15H,2-7,10,12H2,1H3,(H,22,23)(H,24,28)/t13-,15?/m0/s1. The van der Waals surface area contributed by atoms with E-state index in [1.54, 1.807) is 6.20 Å². The fourth-order valence-corrected chi connectivity index (χ4v) is 4.53. The van der Waals surface area contributed by atoms with Crippen molar-refractivity contribution in [3.05, 3.63) is 24.0 Å². The summed E-state index contributed by atoms with van der Waals surface area (Å²) in [5.74, 6) is -0.146. The number of carbonyl (C=O) groups is 3. The van der Waals surface area contributed by atoms with Gasteiger partial charge in [0.05, 0.1) is 31.3 Å². The molecule has 2 aromatic heterocycles. The van der Waals surface area contributed by atoms with Gasteiger partial charge in [-0.3, -0.25) is 14.4 Å². The normalized spacial score (nSPS) is 21.1. The molecular formula is C21H26N4O4. The molecule has 0 radical (unpaired) electrons. The fraction of sp³-hybridized carbons (Fsp3) is 0.524. The Balaban J connectivity index is 1.37. The van der Waals surface area contributed by atoms with Crippen LogP contribution in [-0.2, 0) is 19.1 Å². The lowest BCUT2D eigenvalue weighted by molar-refractivity contribution is -0.144. The van der Waals surface area contributed by atoms with Gasteiger partial charge in [-0.25, -0.2) is 4.98 Å². The first-order chi connectivity index (χ1) is 14.1. The third-order valence-electron chi connectivity index (χ3n) is 6.06. The van der Waals surface area contributed by atoms with E-state index < -0.39 is 0 Å². The maximum atomic E-state index is 12.6. The average molecular weight is 398 g/mol. The minimum Gasteiger partial charge on any atom is -0.469 e. The molecule has 8 nitrogen and oxygen atoms in total. The number of ether oxygens (including phenoxy) is 1. The first kappa shape index (κ1) is 19.4. The number of methoxy groups -OCH3 is 1. The maximum absolute atomic E-state index is 12.6. The number of aromatic amines is 1. The van der Waals surface area contributed by atoms with Crippen LogP contribution in [-0.4, -0.2) is 52.9 Å². The van der Waals surface area contributed by atoms with Gasteiger partial charge in [-0.05, 0) is 37.7 Å². The number of hydrogen-bond donors (Lipinski definition) is 2. The molecule has 1 unspecified atom stereocenters. The quantitative estimate of drug-likeness (QED) is 0.728. The van der Waals surface area contributed by atoms with Crippen LogP contribution >= 0.6 is 0 Å². The molecule has 0 bridgehead atoms. The minimum absolute atomic E-state index is 0.00385. The van der Waals surface area contributed by atoms with E-state index in [0.29, 0.717) is 12.5 Å². The second kappa shape index (κ2) is 8.23. The highest BCUT2D eigenvalue weighted by molar-refractivity contribution is 6.07. The van der Waals surface area contributed by atoms with Gasteiger partial charge in [0.2, 0.25) is 11.8 Å². The van der Waals surface area contributed by atoms with Crippen molar-refractivity contribution in [2.24, 2.45) is 5.92 Å². The number of pyridine rings is 1. The molecule has 2 N–H and O–H groups in total. The molecule has 2 atom stereocenters. The van der Waals surface area contributed by atoms with E-state index in [4.69, 9.17) is 0 Å². The molecule has 4 rings (SSSR count). The number of amides is 2. The van der Waals surface area contributed by atoms with Crippen LogP contribution in [0.3, 0.4) is 0 Å². The number of fused-ring (bicyclic) bond motifs is 3. The first-order valence-corrected chi connectivity index (χ1v) is 10.2. The molecule has 0 spiro atoms. The zero-order valence-electron chi connectivity index (χ0n) is 16.6. The fourth-order valence-electron chi connectivity index (χ4n) is 4.53. The van der Waals surface area contributed by atoms with Crippen molar-refractivity contribution < 1.29 is 19.1 Å². The summed E-state index contributed by atoms with van der Waals surface area (Å²) in [6.07, 6.45) is 7.51. The summed E-state index contributed by atoms with van der Waals surface area (Å²) in [6, 6.07) is 1.97. The monoisotopic (exact) mass is 398 g/mol. The van der Waals surface area contributed by atoms with Crippen LogP contribution in [0.5, 0.6) is 0 Å². The third kappa shape index (κ3) is 3.97. The molecule has 0 aromatic carbocycles. The van der Waals surface area contributed by atoms with E-state index in [2.05, 4.69) is 20.0 Å². The van der Waals surface area contributed by atoms with Gasteiger partial charge in [0.25, 0.3) is 0 Å². The summed E-state index contributed by atoms with van der Waals surface area (Å²) in [6.45, 7) is 1.43. The number of likely N-dealkylation sites (tertiary alicyclic amines) is 1. The smallest absolute Gasteiger partial charge is 0.306 e. The van der Waals surface area contributed by atoms with Crippen LogP contribution in [0, 0.1) is 5.92 Å². The molecule has 2 aliphatic heterocycles. The van der Waals surface area contributed by atoms with Gasteiger partial charge in [-0.2, -0.15) is 0 Å². The highest BCUT2D eigenvalue weighted by Gasteiger charge is 2.34. The maximum Gasteiger partial charge on any atom is 0.306 e. The SMILES string of the molecule is COC(=O)CCC(=O)N1CCC[C@@H](CCC2C(=O)Nc3cnc4[nH]ccc4c32)C1. The lowest BCUT2D eigenvalue weighted by atomic mass is 9.87. The molecular weight excluding hydrogens is 372 g/mol. The predicted octanol–water partition coefficient (Wildman–Crippen LogP) is 2.57. The highest BCUT2D eigenvalue weighted by Crippen LogP contribution is 2.40. The number of piperidine rings is 1. The van der Waals surface area contributed by atoms with Crippen molar-refractivity contribution in [3.63, 3.8) is 0 Å². The van der Waals surface area contributed by atoms with Crippen molar-refractivity contribution in [1.82, 2.24) is 14.9 Å². The second-order valence-electron chi connectivity index (χ2n) is 7.87. The van der Waals surface area contributed by atoms with E-state index in [1.165, 1.54) is 7.11 Å². The summed E-state index contributed by atoms with van der Waals surface area (Å²) in [5.41, 5.74) is 2.63. The molecule has 4 heterocycles. The molecule has 1 saturated heterocycles. The van der Waals surface area contributed by atoms with Gasteiger partial charge in [0, 0.05) is 36.7 Å². The zero-order chi connectivity index (χ0) is 20.4. The predicted molar refractivity (Wildman–Crippen MR) is 107 cm³/mol. The van der Waals surface area contributed by atoms with Crippen LogP contribution in [0.25, 0.3) is 11.0 Å². The minimum atomic E-state index is -0.358. The van der Waals surface area contributed by atoms with Crippen molar-refractivity contribution >= 4 is 34.5 Å². The van der Waals surface area contributed by atoms with E-state index in [0.717, 1.165) is 54.5 Å². The molecule has 2 aromatic rings. The number of nitrogens with one attached hydrogen (secondary N) is 2. The average Bonchev–Trinajstić information content (AvgIpc) is 3.33. The number of anilines is 1. The van der Waals surface area contributed by atoms with E-state index >= 15 is 0 Å². The van der Waals surface area contributed by atoms with Crippen molar-refractivity contribution in [3.8, 4) is 0 Å². The van der Waals surface area contributed by atoms with Crippen LogP contribution in [0.1, 0.15) is 50.0 Å². The number of esters is 1. The number of rotatable bonds is 6. The van der Waals surface area contributed by atoms with Crippen LogP contribution in [0.2, 0.25) is 0 Å². The topological polar surface area (TPSA) is 104 Å². The summed E-state index contributed by atoms with van der Waals surface area (Å²) < 4.78 is 4.61. The Morgan fingerprint density at radius 3 is 3.00 bits per heavy atom. The molecule has 154 valence electrons. The second-order valence-corrected chi connectivity index (χ2v) is 7.87. The lowest BCUT2D eigenvalue weighted by Gasteiger charge is -2.33. The van der Waals surface area contributed by atoms with E-state index in [9.17, 15) is 14.4 Å². The van der Waals surface area contributed by atoms with Gasteiger partial charge in [0.15, 0.2) is 0 Å². The summed E-state index contributed by atoms with van der Waals surface area (Å²) in [5, 5.41) is 3.95. The van der Waals surface area contributed by atoms with Crippen molar-refractivity contribution in [2.45, 2.75) is 44.4 Å². The number of carbonyl (C=O) groups excluding carboxylic acids is 3. The van der Waals surface area contributed by atoms with E-state index in [1.807, 2.05) is 17.2 Å². The van der Waals surface area contributed by atoms with Crippen LogP contribution < -0.4 is 5.32 Å². The largest absolute Gasteiger partial charge is 0.469 e. The van der Waals surface area contributed by atoms with Gasteiger partial charge < -0.3 is 19.9 Å². The Morgan fingerprint density at radius 2 is 2.17 bits per heavy atom. The molecule has 29 heavy (non-hydrogen) atoms. The van der Waals surface area contributed by atoms with Crippen LogP contribution in [0.15, 0.2) is 18.5 Å². The molecule has 8 heteroatoms. The Labute approximate surface area is 169 Å². The highest BCUT2D eigenvalue weighted by atomic mass is 16.5. The molecule has 0 aliphatic carbocycles. The number of nitrogens with zero attached hydrogens (tertiary/aromatic N) is 2. The zero-order valence-corrected chi connectivity index (χ0v) is 16.6. The Bertz CT molecular complexity index is 938. The van der Waals surface area contributed by atoms with Crippen molar-refractivity contribution in [2.75, 3.05) is 25.5 Å². The Hall–Kier alpha value is -2.90. The summed E-state index contributed by atoms with van der Waals surface area (Å²) >= 11 is 0. The van der Waals surface area contributed by atoms with Crippen molar-refractivity contribution in [1.29, 1.82) is 0 Å². The summed E-state index contributed by atoms with van der Waals surface area (Å²) in [4.78, 5) is 45.6. The lowest BCUT2D eigenvalue weighted by Crippen LogP contribution is -2.40. The molecule has 2 amide bonds. The van der Waals surface area contributed by atoms with Gasteiger partial charge in [-0.1, -0.05) is 0 Å². The number of aromatic nitrogens is 2. The van der Waals surface area contributed by atoms with Gasteiger partial charge in [-0.15, -0.1) is 0 Å². The molecule has 0 saturated carbocycles. The van der Waals surface area contributed by atoms with Gasteiger partial charge in [0.1, 0.15) is 5.65 Å². The Kier molecular flexibility index (Phi) is 5.51. The van der Waals surface area contributed by atoms with E-state index in [-0.39, 0.29) is 36.5 Å². The third-order valence-corrected chi connectivity index (χ3v) is 6.06. The Morgan fingerprint density at radius 1 is 1.31 bits per heavy atom. The molecule has 1 fully saturated rings. The van der Waals surface area contributed by atoms with Gasteiger partial charge >= 0.3 is 5.97 Å². The first-order valence-electron chi connectivity index (χ1n) is 10.2. The van der Waals surface area contributed by atoms with Crippen LogP contribution in [0.4, 0.5) is 5.69 Å². The molecule has 2 aliphatic rings. The number of hydrogen-bond acceptors (Lipinski definition) is 5. The number of H-pyrrole nitrogens is 1. The summed E-state index contributed by atoms with van der Waals surface area (Å²) in [7, 11) is 1.33.